The summed E-state index contributed by atoms with van der Waals surface area (Å²) in [5.74, 6) is 1.49. The number of nitrogens with zero attached hydrogens (tertiary/aromatic N) is 4. The number of hydrogen-bond acceptors (Lipinski definition) is 9. The smallest absolute Gasteiger partial charge is 0.261 e. The van der Waals surface area contributed by atoms with Gasteiger partial charge in [-0.3, -0.25) is 29.4 Å². The van der Waals surface area contributed by atoms with E-state index in [0.29, 0.717) is 64.0 Å². The number of benzene rings is 5. The Morgan fingerprint density at radius 1 is 0.623 bits per heavy atom. The molecule has 0 bridgehead atoms. The average Bonchev–Trinajstić information content (AvgIpc) is 3.67. The fourth-order valence-electron chi connectivity index (χ4n) is 7.66. The molecule has 53 heavy (non-hydrogen) atoms. The second-order valence-corrected chi connectivity index (χ2v) is 13.4. The summed E-state index contributed by atoms with van der Waals surface area (Å²) in [6.45, 7) is 0.347. The summed E-state index contributed by atoms with van der Waals surface area (Å²) < 4.78 is 23.9. The van der Waals surface area contributed by atoms with Crippen LogP contribution in [-0.4, -0.2) is 50.5 Å². The molecule has 0 spiro atoms. The van der Waals surface area contributed by atoms with Gasteiger partial charge in [0, 0.05) is 54.5 Å². The van der Waals surface area contributed by atoms with Crippen molar-refractivity contribution in [3.8, 4) is 23.0 Å². The molecule has 2 N–H and O–H groups in total. The van der Waals surface area contributed by atoms with Crippen LogP contribution >= 0.6 is 0 Å². The van der Waals surface area contributed by atoms with E-state index in [1.54, 1.807) is 48.3 Å². The first-order chi connectivity index (χ1) is 25.9. The predicted molar refractivity (Wildman–Crippen MR) is 203 cm³/mol. The summed E-state index contributed by atoms with van der Waals surface area (Å²) in [5.41, 5.74) is 14.5. The van der Waals surface area contributed by atoms with E-state index in [1.165, 1.54) is 0 Å². The lowest BCUT2D eigenvalue weighted by Gasteiger charge is -2.22. The summed E-state index contributed by atoms with van der Waals surface area (Å²) in [4.78, 5) is 40.6. The van der Waals surface area contributed by atoms with E-state index in [2.05, 4.69) is 0 Å². The first kappa shape index (κ1) is 32.3. The van der Waals surface area contributed by atoms with E-state index >= 15 is 0 Å². The third-order valence-electron chi connectivity index (χ3n) is 10.1. The molecule has 4 heterocycles. The molecule has 0 unspecified atom stereocenters. The van der Waals surface area contributed by atoms with Crippen molar-refractivity contribution in [1.82, 2.24) is 0 Å². The first-order valence-corrected chi connectivity index (χ1v) is 17.4. The standard InChI is InChI=1S/C42H35N5O6/c1-50-37-16-31-33(44-20-29-14-26-7-3-5-9-35(26)46(29)41(31)48)18-39(37)52-22-24-11-25(13-28(43)12-24)23-53-40-19-34-32(17-38(40)51-2)42(49)47-30(21-45-34)15-27-8-4-6-10-36(27)47/h3-13,16-21,29-30H,14-15,22-23,43H2,1-2H3/t29-,30-/m0/s1. The molecule has 5 aromatic rings. The van der Waals surface area contributed by atoms with E-state index in [0.717, 1.165) is 33.6 Å². The van der Waals surface area contributed by atoms with Crippen molar-refractivity contribution in [2.75, 3.05) is 29.8 Å². The zero-order chi connectivity index (χ0) is 36.2. The number of carbonyl (C=O) groups is 2. The quantitative estimate of drug-likeness (QED) is 0.172. The Kier molecular flexibility index (Phi) is 7.83. The molecule has 0 fully saturated rings. The van der Waals surface area contributed by atoms with E-state index in [1.807, 2.05) is 79.2 Å². The number of para-hydroxylation sites is 2. The first-order valence-electron chi connectivity index (χ1n) is 17.4. The van der Waals surface area contributed by atoms with Crippen LogP contribution in [0.25, 0.3) is 0 Å². The third-order valence-corrected chi connectivity index (χ3v) is 10.1. The molecule has 0 aromatic heterocycles. The van der Waals surface area contributed by atoms with Crippen molar-refractivity contribution < 1.29 is 28.5 Å². The van der Waals surface area contributed by atoms with Crippen molar-refractivity contribution in [1.29, 1.82) is 0 Å². The number of methoxy groups -OCH3 is 2. The van der Waals surface area contributed by atoms with Gasteiger partial charge in [-0.2, -0.15) is 0 Å². The lowest BCUT2D eigenvalue weighted by atomic mass is 10.1. The number of aliphatic imine (C=N–C) groups is 2. The molecular weight excluding hydrogens is 670 g/mol. The minimum atomic E-state index is -0.160. The molecule has 11 heteroatoms. The Labute approximate surface area is 305 Å². The number of carbonyl (C=O) groups excluding carboxylic acids is 2. The van der Waals surface area contributed by atoms with Gasteiger partial charge in [0.05, 0.1) is 48.8 Å². The van der Waals surface area contributed by atoms with Gasteiger partial charge in [0.15, 0.2) is 23.0 Å². The maximum absolute atomic E-state index is 13.8. The molecule has 0 aliphatic carbocycles. The van der Waals surface area contributed by atoms with Crippen LogP contribution in [0.5, 0.6) is 23.0 Å². The van der Waals surface area contributed by atoms with Crippen LogP contribution < -0.4 is 34.5 Å². The maximum atomic E-state index is 13.8. The lowest BCUT2D eigenvalue weighted by molar-refractivity contribution is 0.0978. The van der Waals surface area contributed by atoms with Gasteiger partial charge < -0.3 is 24.7 Å². The Bertz CT molecular complexity index is 2230. The Balaban J connectivity index is 0.924. The zero-order valence-electron chi connectivity index (χ0n) is 29.1. The van der Waals surface area contributed by atoms with E-state index in [4.69, 9.17) is 34.7 Å². The Hall–Kier alpha value is -6.62. The summed E-state index contributed by atoms with van der Waals surface area (Å²) >= 11 is 0. The van der Waals surface area contributed by atoms with E-state index < -0.39 is 0 Å². The monoisotopic (exact) mass is 705 g/mol. The van der Waals surface area contributed by atoms with Gasteiger partial charge in [0.2, 0.25) is 0 Å². The SMILES string of the molecule is COc1cc2c(cc1OCc1cc(N)cc(COc3cc4c(cc3OC)C(=O)N3c5ccccc5C[C@H]3C=N4)c1)N=C[C@@H]1Cc3ccccc3N1C2=O. The van der Waals surface area contributed by atoms with Gasteiger partial charge in [-0.15, -0.1) is 0 Å². The fourth-order valence-corrected chi connectivity index (χ4v) is 7.66. The molecule has 4 aliphatic rings. The largest absolute Gasteiger partial charge is 0.493 e. The highest BCUT2D eigenvalue weighted by Crippen LogP contribution is 2.43. The minimum Gasteiger partial charge on any atom is -0.493 e. The molecule has 264 valence electrons. The summed E-state index contributed by atoms with van der Waals surface area (Å²) in [7, 11) is 3.09. The summed E-state index contributed by atoms with van der Waals surface area (Å²) in [6.07, 6.45) is 5.08. The van der Waals surface area contributed by atoms with Gasteiger partial charge in [0.25, 0.3) is 11.8 Å². The van der Waals surface area contributed by atoms with Crippen molar-refractivity contribution in [2.24, 2.45) is 9.98 Å². The number of anilines is 3. The van der Waals surface area contributed by atoms with E-state index in [9.17, 15) is 9.59 Å². The van der Waals surface area contributed by atoms with Crippen LogP contribution in [0.15, 0.2) is 101 Å². The number of nitrogens with two attached hydrogens (primary N) is 1. The second kappa shape index (κ2) is 12.9. The van der Waals surface area contributed by atoms with Crippen LogP contribution in [0.2, 0.25) is 0 Å². The topological polar surface area (TPSA) is 128 Å². The van der Waals surface area contributed by atoms with Crippen molar-refractivity contribution in [2.45, 2.75) is 38.1 Å². The van der Waals surface area contributed by atoms with Gasteiger partial charge in [0.1, 0.15) is 13.2 Å². The highest BCUT2D eigenvalue weighted by molar-refractivity contribution is 6.15. The minimum absolute atomic E-state index is 0.131. The Morgan fingerprint density at radius 3 is 1.53 bits per heavy atom. The molecule has 11 nitrogen and oxygen atoms in total. The maximum Gasteiger partial charge on any atom is 0.261 e. The summed E-state index contributed by atoms with van der Waals surface area (Å²) in [6, 6.07) is 28.0. The van der Waals surface area contributed by atoms with Crippen LogP contribution in [0.4, 0.5) is 28.4 Å². The van der Waals surface area contributed by atoms with E-state index in [-0.39, 0.29) is 37.1 Å². The van der Waals surface area contributed by atoms with Crippen LogP contribution in [0.1, 0.15) is 43.0 Å². The average molecular weight is 706 g/mol. The number of nitrogen functional groups attached to an aromatic ring is 1. The highest BCUT2D eigenvalue weighted by Gasteiger charge is 2.38. The molecule has 9 rings (SSSR count). The number of fused-ring (bicyclic) bond motifs is 8. The Morgan fingerprint density at radius 2 is 1.08 bits per heavy atom. The van der Waals surface area contributed by atoms with Crippen molar-refractivity contribution in [3.63, 3.8) is 0 Å². The van der Waals surface area contributed by atoms with Crippen LogP contribution in [-0.2, 0) is 26.1 Å². The highest BCUT2D eigenvalue weighted by atomic mass is 16.5. The van der Waals surface area contributed by atoms with Crippen LogP contribution in [0, 0.1) is 0 Å². The molecular formula is C42H35N5O6. The van der Waals surface area contributed by atoms with Crippen molar-refractivity contribution >= 4 is 52.7 Å². The normalized spacial score (nSPS) is 17.5. The number of amides is 2. The number of rotatable bonds is 8. The van der Waals surface area contributed by atoms with Gasteiger partial charge in [-0.1, -0.05) is 36.4 Å². The third kappa shape index (κ3) is 5.61. The molecule has 0 radical (unpaired) electrons. The van der Waals surface area contributed by atoms with Gasteiger partial charge in [-0.25, -0.2) is 0 Å². The molecule has 0 saturated heterocycles. The number of hydrogen-bond donors (Lipinski definition) is 1. The molecule has 5 aromatic carbocycles. The van der Waals surface area contributed by atoms with Crippen molar-refractivity contribution in [3.05, 3.63) is 124 Å². The molecule has 2 atom stereocenters. The predicted octanol–water partition coefficient (Wildman–Crippen LogP) is 7.02. The molecule has 2 amide bonds. The van der Waals surface area contributed by atoms with Gasteiger partial charge >= 0.3 is 0 Å². The molecule has 4 aliphatic heterocycles. The summed E-state index contributed by atoms with van der Waals surface area (Å²) in [5, 5.41) is 0. The number of ether oxygens (including phenoxy) is 4. The van der Waals surface area contributed by atoms with Gasteiger partial charge in [-0.05, 0) is 64.7 Å². The zero-order valence-corrected chi connectivity index (χ0v) is 29.1. The lowest BCUT2D eigenvalue weighted by Crippen LogP contribution is -2.37. The molecule has 0 saturated carbocycles. The van der Waals surface area contributed by atoms with Crippen LogP contribution in [0.3, 0.4) is 0 Å². The fraction of sp³-hybridized carbons (Fsp3) is 0.190. The second-order valence-electron chi connectivity index (χ2n) is 13.4.